The Hall–Kier alpha value is -1.35. The zero-order valence-corrected chi connectivity index (χ0v) is 9.35. The third-order valence-electron chi connectivity index (χ3n) is 2.83. The Bertz CT molecular complexity index is 365. The number of aliphatic hydroxyl groups is 1. The van der Waals surface area contributed by atoms with Gasteiger partial charge in [-0.25, -0.2) is 4.79 Å². The lowest BCUT2D eigenvalue weighted by Gasteiger charge is -2.09. The summed E-state index contributed by atoms with van der Waals surface area (Å²) < 4.78 is 4.89. The molecule has 3 heteroatoms. The monoisotopic (exact) mass is 220 g/mol. The molecule has 1 fully saturated rings. The normalized spacial score (nSPS) is 16.9. The van der Waals surface area contributed by atoms with Crippen LogP contribution in [0, 0.1) is 5.92 Å². The van der Waals surface area contributed by atoms with Crippen LogP contribution in [0.25, 0.3) is 0 Å². The molecule has 1 aliphatic rings. The molecule has 1 atom stereocenters. The van der Waals surface area contributed by atoms with E-state index in [1.54, 1.807) is 31.2 Å². The predicted octanol–water partition coefficient (Wildman–Crippen LogP) is 2.31. The molecule has 0 radical (unpaired) electrons. The summed E-state index contributed by atoms with van der Waals surface area (Å²) in [5.74, 6) is 0.100. The van der Waals surface area contributed by atoms with Gasteiger partial charge >= 0.3 is 5.97 Å². The lowest BCUT2D eigenvalue weighted by atomic mass is 10.0. The fourth-order valence-corrected chi connectivity index (χ4v) is 1.71. The van der Waals surface area contributed by atoms with Gasteiger partial charge in [-0.2, -0.15) is 0 Å². The zero-order chi connectivity index (χ0) is 11.5. The van der Waals surface area contributed by atoms with Crippen molar-refractivity contribution in [1.82, 2.24) is 0 Å². The standard InChI is InChI=1S/C13H16O3/c1-2-16-13(15)11-7-5-10(6-8-11)12(14)9-3-4-9/h5-9,12,14H,2-4H2,1H3/t12-/m1/s1. The van der Waals surface area contributed by atoms with Gasteiger partial charge in [0, 0.05) is 0 Å². The molecule has 1 aliphatic carbocycles. The van der Waals surface area contributed by atoms with Gasteiger partial charge in [0.2, 0.25) is 0 Å². The Morgan fingerprint density at radius 1 is 1.44 bits per heavy atom. The molecule has 0 amide bonds. The molecule has 2 rings (SSSR count). The van der Waals surface area contributed by atoms with Crippen molar-refractivity contribution >= 4 is 5.97 Å². The van der Waals surface area contributed by atoms with Gasteiger partial charge in [0.1, 0.15) is 0 Å². The van der Waals surface area contributed by atoms with Crippen LogP contribution in [0.5, 0.6) is 0 Å². The molecule has 0 aliphatic heterocycles. The second kappa shape index (κ2) is 4.66. The van der Waals surface area contributed by atoms with E-state index >= 15 is 0 Å². The van der Waals surface area contributed by atoms with Crippen LogP contribution in [0.15, 0.2) is 24.3 Å². The average molecular weight is 220 g/mol. The summed E-state index contributed by atoms with van der Waals surface area (Å²) in [5, 5.41) is 9.88. The first-order chi connectivity index (χ1) is 7.72. The Balaban J connectivity index is 2.06. The molecule has 86 valence electrons. The van der Waals surface area contributed by atoms with Crippen LogP contribution in [0.3, 0.4) is 0 Å². The second-order valence-electron chi connectivity index (χ2n) is 4.12. The van der Waals surface area contributed by atoms with Gasteiger partial charge in [-0.05, 0) is 43.4 Å². The number of rotatable bonds is 4. The van der Waals surface area contributed by atoms with Crippen molar-refractivity contribution in [3.63, 3.8) is 0 Å². The van der Waals surface area contributed by atoms with Crippen molar-refractivity contribution in [1.29, 1.82) is 0 Å². The SMILES string of the molecule is CCOC(=O)c1ccc([C@H](O)C2CC2)cc1. The first-order valence-electron chi connectivity index (χ1n) is 5.67. The molecule has 3 nitrogen and oxygen atoms in total. The van der Waals surface area contributed by atoms with Crippen LogP contribution in [0.1, 0.15) is 41.8 Å². The van der Waals surface area contributed by atoms with Crippen LogP contribution < -0.4 is 0 Å². The highest BCUT2D eigenvalue weighted by molar-refractivity contribution is 5.89. The zero-order valence-electron chi connectivity index (χ0n) is 9.35. The van der Waals surface area contributed by atoms with Gasteiger partial charge in [-0.1, -0.05) is 12.1 Å². The highest BCUT2D eigenvalue weighted by atomic mass is 16.5. The number of aliphatic hydroxyl groups excluding tert-OH is 1. The van der Waals surface area contributed by atoms with E-state index in [1.165, 1.54) is 0 Å². The molecule has 1 saturated carbocycles. The van der Waals surface area contributed by atoms with Crippen molar-refractivity contribution in [3.8, 4) is 0 Å². The molecular formula is C13H16O3. The molecule has 1 N–H and O–H groups in total. The van der Waals surface area contributed by atoms with Gasteiger partial charge < -0.3 is 9.84 Å². The summed E-state index contributed by atoms with van der Waals surface area (Å²) in [7, 11) is 0. The summed E-state index contributed by atoms with van der Waals surface area (Å²) in [6.45, 7) is 2.16. The minimum Gasteiger partial charge on any atom is -0.462 e. The topological polar surface area (TPSA) is 46.5 Å². The number of ether oxygens (including phenoxy) is 1. The minimum atomic E-state index is -0.378. The van der Waals surface area contributed by atoms with Crippen molar-refractivity contribution in [3.05, 3.63) is 35.4 Å². The number of hydrogen-bond acceptors (Lipinski definition) is 3. The molecule has 0 saturated heterocycles. The Morgan fingerprint density at radius 2 is 2.06 bits per heavy atom. The molecule has 1 aromatic carbocycles. The summed E-state index contributed by atoms with van der Waals surface area (Å²) in [5.41, 5.74) is 1.42. The van der Waals surface area contributed by atoms with E-state index in [0.717, 1.165) is 18.4 Å². The maximum absolute atomic E-state index is 11.4. The summed E-state index contributed by atoms with van der Waals surface area (Å²) in [6, 6.07) is 7.02. The highest BCUT2D eigenvalue weighted by Gasteiger charge is 2.30. The van der Waals surface area contributed by atoms with E-state index in [4.69, 9.17) is 4.74 Å². The van der Waals surface area contributed by atoms with Gasteiger partial charge in [0.15, 0.2) is 0 Å². The van der Waals surface area contributed by atoms with Crippen molar-refractivity contribution < 1.29 is 14.6 Å². The number of esters is 1. The van der Waals surface area contributed by atoms with E-state index in [1.807, 2.05) is 0 Å². The van der Waals surface area contributed by atoms with Gasteiger partial charge in [0.05, 0.1) is 18.3 Å². The van der Waals surface area contributed by atoms with E-state index in [-0.39, 0.29) is 12.1 Å². The largest absolute Gasteiger partial charge is 0.462 e. The molecule has 0 spiro atoms. The maximum atomic E-state index is 11.4. The highest BCUT2D eigenvalue weighted by Crippen LogP contribution is 2.40. The first-order valence-corrected chi connectivity index (χ1v) is 5.67. The molecular weight excluding hydrogens is 204 g/mol. The number of benzene rings is 1. The third kappa shape index (κ3) is 2.42. The number of carbonyl (C=O) groups excluding carboxylic acids is 1. The third-order valence-corrected chi connectivity index (χ3v) is 2.83. The van der Waals surface area contributed by atoms with Crippen molar-refractivity contribution in [2.24, 2.45) is 5.92 Å². The molecule has 1 aromatic rings. The van der Waals surface area contributed by atoms with Crippen LogP contribution in [-0.4, -0.2) is 17.7 Å². The van der Waals surface area contributed by atoms with Crippen LogP contribution in [0.4, 0.5) is 0 Å². The first kappa shape index (κ1) is 11.1. The van der Waals surface area contributed by atoms with Gasteiger partial charge in [-0.15, -0.1) is 0 Å². The smallest absolute Gasteiger partial charge is 0.338 e. The van der Waals surface area contributed by atoms with E-state index in [2.05, 4.69) is 0 Å². The summed E-state index contributed by atoms with van der Waals surface area (Å²) in [4.78, 5) is 11.4. The van der Waals surface area contributed by atoms with Crippen LogP contribution >= 0.6 is 0 Å². The average Bonchev–Trinajstić information content (AvgIpc) is 3.12. The van der Waals surface area contributed by atoms with Gasteiger partial charge in [0.25, 0.3) is 0 Å². The summed E-state index contributed by atoms with van der Waals surface area (Å²) >= 11 is 0. The summed E-state index contributed by atoms with van der Waals surface area (Å²) in [6.07, 6.45) is 1.82. The van der Waals surface area contributed by atoms with Crippen molar-refractivity contribution in [2.75, 3.05) is 6.61 Å². The lowest BCUT2D eigenvalue weighted by Crippen LogP contribution is -2.05. The molecule has 0 heterocycles. The van der Waals surface area contributed by atoms with Crippen LogP contribution in [0.2, 0.25) is 0 Å². The molecule has 0 bridgehead atoms. The Labute approximate surface area is 95.0 Å². The van der Waals surface area contributed by atoms with E-state index < -0.39 is 0 Å². The quantitative estimate of drug-likeness (QED) is 0.792. The Morgan fingerprint density at radius 3 is 2.56 bits per heavy atom. The number of carbonyl (C=O) groups is 1. The molecule has 16 heavy (non-hydrogen) atoms. The number of hydrogen-bond donors (Lipinski definition) is 1. The molecule has 0 unspecified atom stereocenters. The Kier molecular flexibility index (Phi) is 3.25. The maximum Gasteiger partial charge on any atom is 0.338 e. The van der Waals surface area contributed by atoms with Crippen molar-refractivity contribution in [2.45, 2.75) is 25.9 Å². The fraction of sp³-hybridized carbons (Fsp3) is 0.462. The minimum absolute atomic E-state index is 0.310. The van der Waals surface area contributed by atoms with E-state index in [0.29, 0.717) is 18.1 Å². The van der Waals surface area contributed by atoms with E-state index in [9.17, 15) is 9.90 Å². The molecule has 0 aromatic heterocycles. The van der Waals surface area contributed by atoms with Gasteiger partial charge in [-0.3, -0.25) is 0 Å². The predicted molar refractivity (Wildman–Crippen MR) is 60.1 cm³/mol. The fourth-order valence-electron chi connectivity index (χ4n) is 1.71. The lowest BCUT2D eigenvalue weighted by molar-refractivity contribution is 0.0526. The van der Waals surface area contributed by atoms with Crippen LogP contribution in [-0.2, 0) is 4.74 Å². The second-order valence-corrected chi connectivity index (χ2v) is 4.12.